The van der Waals surface area contributed by atoms with E-state index in [0.717, 1.165) is 70.6 Å². The Morgan fingerprint density at radius 2 is 1.14 bits per heavy atom. The summed E-state index contributed by atoms with van der Waals surface area (Å²) in [4.78, 5) is 34.9. The fourth-order valence-corrected chi connectivity index (χ4v) is 5.50. The fraction of sp³-hybridized carbons (Fsp3) is 0.591. The number of hydrogen-bond donors (Lipinski definition) is 4. The van der Waals surface area contributed by atoms with E-state index in [-0.39, 0.29) is 19.4 Å². The Labute approximate surface area is 336 Å². The number of unbranched alkanes of at least 4 members (excludes halogenated alkanes) is 6. The lowest BCUT2D eigenvalue weighted by molar-refractivity contribution is -0.161. The number of phosphoric acid groups is 1. The van der Waals surface area contributed by atoms with Gasteiger partial charge in [0.25, 0.3) is 0 Å². The van der Waals surface area contributed by atoms with Gasteiger partial charge in [-0.3, -0.25) is 18.6 Å². The highest BCUT2D eigenvalue weighted by Gasteiger charge is 2.27. The number of phosphoric ester groups is 1. The van der Waals surface area contributed by atoms with Gasteiger partial charge in [-0.2, -0.15) is 0 Å². The zero-order valence-corrected chi connectivity index (χ0v) is 34.8. The molecule has 2 unspecified atom stereocenters. The van der Waals surface area contributed by atoms with Crippen LogP contribution in [-0.2, 0) is 32.7 Å². The summed E-state index contributed by atoms with van der Waals surface area (Å²) in [5.74, 6) is -1.05. The second-order valence-corrected chi connectivity index (χ2v) is 14.5. The molecule has 0 aromatic rings. The molecule has 4 N–H and O–H groups in total. The minimum absolute atomic E-state index is 0.135. The largest absolute Gasteiger partial charge is 0.472 e. The molecular weight excluding hydrogens is 735 g/mol. The van der Waals surface area contributed by atoms with Gasteiger partial charge in [0.2, 0.25) is 0 Å². The van der Waals surface area contributed by atoms with E-state index in [1.165, 1.54) is 0 Å². The number of ether oxygens (including phenoxy) is 2. The van der Waals surface area contributed by atoms with Crippen LogP contribution in [-0.4, -0.2) is 76.9 Å². The molecule has 0 aromatic carbocycles. The van der Waals surface area contributed by atoms with Gasteiger partial charge < -0.3 is 29.7 Å². The predicted octanol–water partition coefficient (Wildman–Crippen LogP) is 9.41. The molecule has 0 saturated heterocycles. The molecule has 0 aliphatic rings. The molecule has 4 atom stereocenters. The van der Waals surface area contributed by atoms with Gasteiger partial charge in [-0.05, 0) is 77.0 Å². The Bertz CT molecular complexity index is 1270. The third-order valence-electron chi connectivity index (χ3n) is 7.81. The summed E-state index contributed by atoms with van der Waals surface area (Å²) in [6.45, 7) is 1.90. The van der Waals surface area contributed by atoms with Crippen molar-refractivity contribution in [2.24, 2.45) is 0 Å². The molecule has 0 aromatic heterocycles. The van der Waals surface area contributed by atoms with E-state index >= 15 is 0 Å². The predicted molar refractivity (Wildman–Crippen MR) is 225 cm³/mol. The molecule has 0 radical (unpaired) electrons. The molecule has 0 spiro atoms. The van der Waals surface area contributed by atoms with Crippen molar-refractivity contribution in [2.75, 3.05) is 26.4 Å². The highest BCUT2D eigenvalue weighted by atomic mass is 31.2. The third kappa shape index (κ3) is 37.8. The summed E-state index contributed by atoms with van der Waals surface area (Å²) < 4.78 is 32.6. The van der Waals surface area contributed by atoms with Crippen molar-refractivity contribution in [3.63, 3.8) is 0 Å². The molecule has 0 rings (SSSR count). The molecule has 0 bridgehead atoms. The van der Waals surface area contributed by atoms with Gasteiger partial charge in [-0.1, -0.05) is 130 Å². The van der Waals surface area contributed by atoms with E-state index < -0.39 is 57.9 Å². The van der Waals surface area contributed by atoms with E-state index in [9.17, 15) is 29.3 Å². The smallest absolute Gasteiger partial charge is 0.462 e. The van der Waals surface area contributed by atoms with Crippen LogP contribution in [0.1, 0.15) is 123 Å². The normalized spacial score (nSPS) is 15.5. The highest BCUT2D eigenvalue weighted by molar-refractivity contribution is 7.47. The first-order valence-corrected chi connectivity index (χ1v) is 21.8. The first kappa shape index (κ1) is 52.9. The Balaban J connectivity index is 4.51. The molecule has 56 heavy (non-hydrogen) atoms. The summed E-state index contributed by atoms with van der Waals surface area (Å²) in [5, 5.41) is 28.1. The van der Waals surface area contributed by atoms with Crippen molar-refractivity contribution >= 4 is 19.8 Å². The van der Waals surface area contributed by atoms with E-state index in [4.69, 9.17) is 19.1 Å². The van der Waals surface area contributed by atoms with Crippen molar-refractivity contribution in [1.29, 1.82) is 0 Å². The van der Waals surface area contributed by atoms with Crippen LogP contribution in [0.3, 0.4) is 0 Å². The topological polar surface area (TPSA) is 169 Å². The van der Waals surface area contributed by atoms with E-state index in [1.54, 1.807) is 6.08 Å². The number of carbonyl (C=O) groups excluding carboxylic acids is 2. The Morgan fingerprint density at radius 1 is 0.607 bits per heavy atom. The number of aliphatic hydroxyl groups excluding tert-OH is 3. The quantitative estimate of drug-likeness (QED) is 0.0156. The second kappa shape index (κ2) is 38.7. The maximum atomic E-state index is 12.6. The number of rotatable bonds is 36. The SMILES string of the molecule is CC/C=C\C/C=C\C/C=C\CCCCCCCC(=O)O[C@H](COC(=O)CCC/C=C\C/C=C\C/C=C\C=C\CC(O)/C=C\CC)COP(=O)(O)OC[C@@H](O)CO. The molecule has 0 fully saturated rings. The molecule has 11 nitrogen and oxygen atoms in total. The monoisotopic (exact) mass is 806 g/mol. The lowest BCUT2D eigenvalue weighted by atomic mass is 10.1. The number of allylic oxidation sites excluding steroid dienone is 14. The summed E-state index contributed by atoms with van der Waals surface area (Å²) in [5.41, 5.74) is 0. The molecule has 0 amide bonds. The molecular formula is C44H71O11P. The number of aliphatic hydroxyl groups is 3. The van der Waals surface area contributed by atoms with Crippen molar-refractivity contribution in [3.05, 3.63) is 97.2 Å². The highest BCUT2D eigenvalue weighted by Crippen LogP contribution is 2.43. The van der Waals surface area contributed by atoms with Gasteiger partial charge in [0.1, 0.15) is 12.7 Å². The summed E-state index contributed by atoms with van der Waals surface area (Å²) >= 11 is 0. The average Bonchev–Trinajstić information content (AvgIpc) is 3.18. The Kier molecular flexibility index (Phi) is 36.5. The lowest BCUT2D eigenvalue weighted by Crippen LogP contribution is -2.29. The Morgan fingerprint density at radius 3 is 1.80 bits per heavy atom. The van der Waals surface area contributed by atoms with Gasteiger partial charge in [-0.15, -0.1) is 0 Å². The van der Waals surface area contributed by atoms with Crippen LogP contribution in [0, 0.1) is 0 Å². The lowest BCUT2D eigenvalue weighted by Gasteiger charge is -2.20. The third-order valence-corrected chi connectivity index (χ3v) is 8.76. The molecule has 0 aliphatic carbocycles. The first-order valence-electron chi connectivity index (χ1n) is 20.3. The zero-order valence-electron chi connectivity index (χ0n) is 33.9. The van der Waals surface area contributed by atoms with Gasteiger partial charge in [-0.25, -0.2) is 4.57 Å². The van der Waals surface area contributed by atoms with Crippen LogP contribution >= 0.6 is 7.82 Å². The summed E-state index contributed by atoms with van der Waals surface area (Å²) in [6, 6.07) is 0. The van der Waals surface area contributed by atoms with Gasteiger partial charge in [0.05, 0.1) is 25.9 Å². The van der Waals surface area contributed by atoms with Gasteiger partial charge in [0, 0.05) is 12.8 Å². The van der Waals surface area contributed by atoms with Gasteiger partial charge >= 0.3 is 19.8 Å². The van der Waals surface area contributed by atoms with Crippen LogP contribution in [0.2, 0.25) is 0 Å². The molecule has 0 heterocycles. The molecule has 0 saturated carbocycles. The van der Waals surface area contributed by atoms with E-state index in [1.807, 2.05) is 49.5 Å². The van der Waals surface area contributed by atoms with Gasteiger partial charge in [0.15, 0.2) is 6.10 Å². The molecule has 0 aliphatic heterocycles. The fourth-order valence-electron chi connectivity index (χ4n) is 4.71. The van der Waals surface area contributed by atoms with Crippen molar-refractivity contribution in [1.82, 2.24) is 0 Å². The van der Waals surface area contributed by atoms with Crippen LogP contribution in [0.4, 0.5) is 0 Å². The molecule has 12 heteroatoms. The van der Waals surface area contributed by atoms with Crippen LogP contribution in [0.25, 0.3) is 0 Å². The number of carbonyl (C=O) groups is 2. The van der Waals surface area contributed by atoms with Crippen molar-refractivity contribution in [2.45, 2.75) is 141 Å². The zero-order chi connectivity index (χ0) is 41.4. The second-order valence-electron chi connectivity index (χ2n) is 13.1. The molecule has 318 valence electrons. The van der Waals surface area contributed by atoms with E-state index in [2.05, 4.69) is 60.1 Å². The van der Waals surface area contributed by atoms with Crippen LogP contribution in [0.5, 0.6) is 0 Å². The number of hydrogen-bond acceptors (Lipinski definition) is 10. The van der Waals surface area contributed by atoms with E-state index in [0.29, 0.717) is 25.7 Å². The van der Waals surface area contributed by atoms with Crippen molar-refractivity contribution in [3.8, 4) is 0 Å². The summed E-state index contributed by atoms with van der Waals surface area (Å²) in [7, 11) is -4.65. The maximum absolute atomic E-state index is 12.6. The Hall–Kier alpha value is -3.15. The van der Waals surface area contributed by atoms with Crippen LogP contribution < -0.4 is 0 Å². The van der Waals surface area contributed by atoms with Crippen molar-refractivity contribution < 1.29 is 52.9 Å². The standard InChI is InChI=1S/C44H71O11P/c1-3-5-7-8-9-10-11-12-13-14-19-22-25-28-31-35-44(49)55-42(39-54-56(50,51)53-37-41(47)36-45)38-52-43(48)34-30-27-24-21-18-16-15-17-20-23-26-29-33-40(46)32-6-4-2/h5-7,9-10,12-13,15-16,20-21,23-24,26,29,32,40-42,45-47H,3-4,8,11,14,17-19,22,25,27-28,30-31,33-39H2,1-2H3,(H,50,51)/b7-5-,10-9-,13-12-,16-15-,23-20-,24-21-,29-26+,32-6-/t40?,41-,42+/m0/s1. The van der Waals surface area contributed by atoms with Crippen LogP contribution in [0.15, 0.2) is 97.2 Å². The minimum atomic E-state index is -4.65. The minimum Gasteiger partial charge on any atom is -0.462 e. The summed E-state index contributed by atoms with van der Waals surface area (Å²) in [6.07, 6.45) is 42.9. The first-order chi connectivity index (χ1) is 27.1. The number of esters is 2. The maximum Gasteiger partial charge on any atom is 0.472 e. The average molecular weight is 807 g/mol.